The van der Waals surface area contributed by atoms with Gasteiger partial charge >= 0.3 is 0 Å². The summed E-state index contributed by atoms with van der Waals surface area (Å²) in [5.74, 6) is 1.32. The van der Waals surface area contributed by atoms with Crippen LogP contribution in [-0.2, 0) is 21.4 Å². The van der Waals surface area contributed by atoms with Gasteiger partial charge in [0, 0.05) is 32.9 Å². The van der Waals surface area contributed by atoms with Gasteiger partial charge in [0.05, 0.1) is 14.2 Å². The summed E-state index contributed by atoms with van der Waals surface area (Å²) in [4.78, 5) is 15.1. The zero-order valence-corrected chi connectivity index (χ0v) is 16.8. The van der Waals surface area contributed by atoms with Crippen molar-refractivity contribution in [3.63, 3.8) is 0 Å². The van der Waals surface area contributed by atoms with E-state index in [1.165, 1.54) is 0 Å². The Balaban J connectivity index is 2.01. The average Bonchev–Trinajstić information content (AvgIpc) is 2.59. The number of phenolic OH excluding ortho intramolecular Hbond substituents is 1. The van der Waals surface area contributed by atoms with E-state index in [2.05, 4.69) is 34.5 Å². The third-order valence-corrected chi connectivity index (χ3v) is 7.24. The summed E-state index contributed by atoms with van der Waals surface area (Å²) in [5.41, 5.74) is 1.71. The van der Waals surface area contributed by atoms with Gasteiger partial charge in [-0.25, -0.2) is 0 Å². The van der Waals surface area contributed by atoms with Crippen molar-refractivity contribution in [1.29, 1.82) is 0 Å². The molecule has 1 aliphatic heterocycles. The maximum atomic E-state index is 12.7. The molecule has 6 heteroatoms. The first-order valence-electron chi connectivity index (χ1n) is 8.51. The third-order valence-electron chi connectivity index (χ3n) is 6.28. The van der Waals surface area contributed by atoms with Crippen LogP contribution in [0, 0.1) is 9.49 Å². The lowest BCUT2D eigenvalue weighted by atomic mass is 9.53. The van der Waals surface area contributed by atoms with E-state index >= 15 is 0 Å². The van der Waals surface area contributed by atoms with E-state index in [9.17, 15) is 9.90 Å². The van der Waals surface area contributed by atoms with Crippen LogP contribution in [-0.4, -0.2) is 49.6 Å². The molecule has 4 rings (SSSR count). The first-order chi connectivity index (χ1) is 11.9. The zero-order chi connectivity index (χ0) is 17.9. The number of halogens is 1. The number of carbonyl (C=O) groups is 1. The second-order valence-corrected chi connectivity index (χ2v) is 8.44. The highest BCUT2D eigenvalue weighted by Gasteiger charge is 2.57. The van der Waals surface area contributed by atoms with Crippen molar-refractivity contribution in [1.82, 2.24) is 4.90 Å². The molecule has 1 heterocycles. The molecule has 1 aromatic rings. The van der Waals surface area contributed by atoms with Gasteiger partial charge in [0.2, 0.25) is 0 Å². The molecule has 3 atom stereocenters. The fourth-order valence-corrected chi connectivity index (χ4v) is 5.83. The van der Waals surface area contributed by atoms with Gasteiger partial charge in [0.15, 0.2) is 23.0 Å². The van der Waals surface area contributed by atoms with Gasteiger partial charge < -0.3 is 19.5 Å². The summed E-state index contributed by atoms with van der Waals surface area (Å²) in [6.07, 6.45) is 4.08. The highest BCUT2D eigenvalue weighted by molar-refractivity contribution is 14.1. The maximum Gasteiger partial charge on any atom is 0.197 e. The minimum Gasteiger partial charge on any atom is -0.504 e. The zero-order valence-electron chi connectivity index (χ0n) is 14.6. The highest BCUT2D eigenvalue weighted by Crippen LogP contribution is 2.58. The average molecular weight is 455 g/mol. The van der Waals surface area contributed by atoms with Crippen LogP contribution >= 0.6 is 22.6 Å². The van der Waals surface area contributed by atoms with Gasteiger partial charge in [-0.2, -0.15) is 0 Å². The number of hydrogen-bond donors (Lipinski definition) is 1. The molecular formula is C19H22INO4. The summed E-state index contributed by atoms with van der Waals surface area (Å²) in [6.45, 7) is 0.914. The molecule has 0 aromatic heterocycles. The van der Waals surface area contributed by atoms with Crippen LogP contribution in [0.15, 0.2) is 17.9 Å². The van der Waals surface area contributed by atoms with E-state index in [-0.39, 0.29) is 22.9 Å². The van der Waals surface area contributed by atoms with Crippen LogP contribution < -0.4 is 4.74 Å². The van der Waals surface area contributed by atoms with Crippen LogP contribution in [0.2, 0.25) is 0 Å². The Kier molecular flexibility index (Phi) is 4.03. The van der Waals surface area contributed by atoms with Gasteiger partial charge in [-0.1, -0.05) is 0 Å². The van der Waals surface area contributed by atoms with E-state index in [0.717, 1.165) is 34.1 Å². The monoisotopic (exact) mass is 455 g/mol. The molecule has 1 aromatic carbocycles. The SMILES string of the molecule is COC1=C[C@H]2[C@H]3Cc4c(I)cc(OC)c(O)c4[C@@]2(CCN3C)CC1=O. The Morgan fingerprint density at radius 3 is 2.80 bits per heavy atom. The number of likely N-dealkylation sites (N-methyl/N-ethyl adjacent to an activating group) is 1. The number of benzene rings is 1. The van der Waals surface area contributed by atoms with E-state index < -0.39 is 0 Å². The number of methoxy groups -OCH3 is 2. The van der Waals surface area contributed by atoms with Crippen molar-refractivity contribution in [3.05, 3.63) is 32.6 Å². The molecule has 134 valence electrons. The van der Waals surface area contributed by atoms with E-state index in [0.29, 0.717) is 24.0 Å². The van der Waals surface area contributed by atoms with Gasteiger partial charge in [0.25, 0.3) is 0 Å². The molecule has 2 aliphatic carbocycles. The smallest absolute Gasteiger partial charge is 0.197 e. The second kappa shape index (κ2) is 5.87. The molecule has 0 unspecified atom stereocenters. The molecule has 5 nitrogen and oxygen atoms in total. The standard InChI is InChI=1S/C19H22INO4/c1-21-5-4-19-9-14(22)15(24-2)7-11(19)13(21)6-10-12(20)8-16(25-3)18(23)17(10)19/h7-8,11,13,23H,4-6,9H2,1-3H3/t11-,13+,19-/m0/s1. The predicted molar refractivity (Wildman–Crippen MR) is 102 cm³/mol. The molecule has 3 aliphatic rings. The normalized spacial score (nSPS) is 31.0. The van der Waals surface area contributed by atoms with Crippen molar-refractivity contribution < 1.29 is 19.4 Å². The number of piperidine rings is 1. The van der Waals surface area contributed by atoms with Crippen LogP contribution in [0.25, 0.3) is 0 Å². The lowest BCUT2D eigenvalue weighted by Crippen LogP contribution is -2.60. The van der Waals surface area contributed by atoms with E-state index in [4.69, 9.17) is 9.47 Å². The van der Waals surface area contributed by atoms with Gasteiger partial charge in [-0.3, -0.25) is 4.79 Å². The number of Topliss-reactive ketones (excluding diaryl/α,β-unsaturated/α-hetero) is 1. The number of allylic oxidation sites excluding steroid dienone is 1. The van der Waals surface area contributed by atoms with Gasteiger partial charge in [0.1, 0.15) is 0 Å². The fourth-order valence-electron chi connectivity index (χ4n) is 5.06. The van der Waals surface area contributed by atoms with Crippen molar-refractivity contribution in [3.8, 4) is 11.5 Å². The number of ether oxygens (including phenoxy) is 2. The Bertz CT molecular complexity index is 790. The summed E-state index contributed by atoms with van der Waals surface area (Å²) >= 11 is 2.32. The lowest BCUT2D eigenvalue weighted by molar-refractivity contribution is -0.122. The summed E-state index contributed by atoms with van der Waals surface area (Å²) in [7, 11) is 5.27. The number of nitrogens with zero attached hydrogens (tertiary/aromatic N) is 1. The molecule has 0 amide bonds. The number of phenols is 1. The Morgan fingerprint density at radius 1 is 1.36 bits per heavy atom. The number of likely N-dealkylation sites (tertiary alicyclic amines) is 1. The quantitative estimate of drug-likeness (QED) is 0.696. The molecule has 0 saturated carbocycles. The fraction of sp³-hybridized carbons (Fsp3) is 0.526. The van der Waals surface area contributed by atoms with Gasteiger partial charge in [-0.15, -0.1) is 0 Å². The number of fused-ring (bicyclic) bond motifs is 1. The maximum absolute atomic E-state index is 12.7. The third kappa shape index (κ3) is 2.26. The van der Waals surface area contributed by atoms with E-state index in [1.807, 2.05) is 12.1 Å². The molecule has 0 radical (unpaired) electrons. The Hall–Kier alpha value is -1.28. The minimum absolute atomic E-state index is 0.0205. The first kappa shape index (κ1) is 17.1. The number of aromatic hydroxyl groups is 1. The van der Waals surface area contributed by atoms with Gasteiger partial charge in [-0.05, 0) is 66.7 Å². The van der Waals surface area contributed by atoms with Crippen molar-refractivity contribution in [2.75, 3.05) is 27.8 Å². The Morgan fingerprint density at radius 2 is 2.12 bits per heavy atom. The second-order valence-electron chi connectivity index (χ2n) is 7.28. The summed E-state index contributed by atoms with van der Waals surface area (Å²) in [6, 6.07) is 2.20. The molecule has 1 saturated heterocycles. The number of rotatable bonds is 2. The molecular weight excluding hydrogens is 433 g/mol. The largest absolute Gasteiger partial charge is 0.504 e. The van der Waals surface area contributed by atoms with Crippen LogP contribution in [0.4, 0.5) is 0 Å². The number of ketones is 1. The van der Waals surface area contributed by atoms with Crippen LogP contribution in [0.1, 0.15) is 24.0 Å². The minimum atomic E-state index is -0.373. The molecule has 2 bridgehead atoms. The van der Waals surface area contributed by atoms with Crippen molar-refractivity contribution >= 4 is 28.4 Å². The number of carbonyl (C=O) groups excluding carboxylic acids is 1. The highest BCUT2D eigenvalue weighted by atomic mass is 127. The molecule has 1 N–H and O–H groups in total. The Labute approximate surface area is 161 Å². The molecule has 0 spiro atoms. The van der Waals surface area contributed by atoms with Crippen LogP contribution in [0.3, 0.4) is 0 Å². The summed E-state index contributed by atoms with van der Waals surface area (Å²) in [5, 5.41) is 11.0. The van der Waals surface area contributed by atoms with Crippen molar-refractivity contribution in [2.45, 2.75) is 30.7 Å². The lowest BCUT2D eigenvalue weighted by Gasteiger charge is -2.56. The first-order valence-corrected chi connectivity index (χ1v) is 9.59. The van der Waals surface area contributed by atoms with Crippen molar-refractivity contribution in [2.24, 2.45) is 5.92 Å². The van der Waals surface area contributed by atoms with E-state index in [1.54, 1.807) is 14.2 Å². The van der Waals surface area contributed by atoms with Crippen LogP contribution in [0.5, 0.6) is 11.5 Å². The molecule has 1 fully saturated rings. The molecule has 25 heavy (non-hydrogen) atoms. The number of hydrogen-bond acceptors (Lipinski definition) is 5. The topological polar surface area (TPSA) is 59.0 Å². The summed E-state index contributed by atoms with van der Waals surface area (Å²) < 4.78 is 11.8. The predicted octanol–water partition coefficient (Wildman–Crippen LogP) is 2.62.